The fraction of sp³-hybridized carbons (Fsp3) is 0.556. The molecule has 1 amide bonds. The van der Waals surface area contributed by atoms with Gasteiger partial charge >= 0.3 is 5.76 Å². The van der Waals surface area contributed by atoms with Gasteiger partial charge in [0.1, 0.15) is 0 Å². The predicted molar refractivity (Wildman–Crippen MR) is 88.8 cm³/mol. The highest BCUT2D eigenvalue weighted by Gasteiger charge is 2.34. The topological polar surface area (TPSA) is 64.7 Å². The molecular formula is C18H22N2O4. The molecular weight excluding hydrogens is 308 g/mol. The molecule has 24 heavy (non-hydrogen) atoms. The van der Waals surface area contributed by atoms with Gasteiger partial charge in [0, 0.05) is 38.1 Å². The summed E-state index contributed by atoms with van der Waals surface area (Å²) in [5, 5.41) is 0. The van der Waals surface area contributed by atoms with Crippen LogP contribution in [0.3, 0.4) is 0 Å². The third-order valence-electron chi connectivity index (χ3n) is 4.91. The van der Waals surface area contributed by atoms with E-state index in [0.29, 0.717) is 30.5 Å². The average Bonchev–Trinajstić information content (AvgIpc) is 3.19. The maximum atomic E-state index is 12.7. The average molecular weight is 330 g/mol. The third-order valence-corrected chi connectivity index (χ3v) is 4.91. The largest absolute Gasteiger partial charge is 0.419 e. The summed E-state index contributed by atoms with van der Waals surface area (Å²) < 4.78 is 12.2. The van der Waals surface area contributed by atoms with Crippen molar-refractivity contribution in [2.24, 2.45) is 5.92 Å². The molecule has 0 spiro atoms. The third kappa shape index (κ3) is 3.11. The number of hydrogen-bond acceptors (Lipinski definition) is 4. The van der Waals surface area contributed by atoms with Crippen molar-refractivity contribution in [1.82, 2.24) is 9.47 Å². The number of benzene rings is 1. The Morgan fingerprint density at radius 1 is 1.25 bits per heavy atom. The molecule has 1 atom stereocenters. The summed E-state index contributed by atoms with van der Waals surface area (Å²) in [6.07, 6.45) is 3.54. The lowest BCUT2D eigenvalue weighted by Gasteiger charge is -2.25. The first kappa shape index (κ1) is 15.4. The Balaban J connectivity index is 1.44. The van der Waals surface area contributed by atoms with Gasteiger partial charge in [-0.25, -0.2) is 4.79 Å². The van der Waals surface area contributed by atoms with Gasteiger partial charge in [-0.05, 0) is 31.4 Å². The molecule has 2 aliphatic rings. The number of carbonyl (C=O) groups excluding carboxylic acids is 1. The maximum absolute atomic E-state index is 12.7. The van der Waals surface area contributed by atoms with Crippen molar-refractivity contribution >= 4 is 17.0 Å². The number of oxazole rings is 1. The highest BCUT2D eigenvalue weighted by atomic mass is 16.5. The molecule has 1 aliphatic carbocycles. The minimum Gasteiger partial charge on any atom is -0.408 e. The van der Waals surface area contributed by atoms with E-state index in [1.807, 2.05) is 23.1 Å². The number of amides is 1. The summed E-state index contributed by atoms with van der Waals surface area (Å²) in [4.78, 5) is 26.7. The van der Waals surface area contributed by atoms with Gasteiger partial charge in [-0.1, -0.05) is 12.1 Å². The van der Waals surface area contributed by atoms with Crippen molar-refractivity contribution in [2.45, 2.75) is 38.3 Å². The summed E-state index contributed by atoms with van der Waals surface area (Å²) in [6.45, 7) is 2.69. The number of carbonyl (C=O) groups is 1. The predicted octanol–water partition coefficient (Wildman–Crippen LogP) is 2.01. The van der Waals surface area contributed by atoms with Gasteiger partial charge in [-0.3, -0.25) is 9.36 Å². The van der Waals surface area contributed by atoms with E-state index in [2.05, 4.69) is 0 Å². The van der Waals surface area contributed by atoms with Gasteiger partial charge in [-0.2, -0.15) is 0 Å². The van der Waals surface area contributed by atoms with Crippen molar-refractivity contribution in [1.29, 1.82) is 0 Å². The molecule has 0 radical (unpaired) electrons. The molecule has 0 N–H and O–H groups in total. The number of para-hydroxylation sites is 2. The first-order chi connectivity index (χ1) is 11.7. The summed E-state index contributed by atoms with van der Waals surface area (Å²) in [5.74, 6) is 0.180. The van der Waals surface area contributed by atoms with Crippen LogP contribution in [0.1, 0.15) is 25.7 Å². The number of hydrogen-bond donors (Lipinski definition) is 0. The second kappa shape index (κ2) is 6.43. The van der Waals surface area contributed by atoms with Gasteiger partial charge in [-0.15, -0.1) is 0 Å². The molecule has 1 saturated heterocycles. The number of rotatable bonds is 6. The SMILES string of the molecule is O=C(CCn1c(=O)oc2ccccc21)N(C[C@H]1CCOC1)C1CC1. The van der Waals surface area contributed by atoms with Crippen LogP contribution in [0.25, 0.3) is 11.1 Å². The van der Waals surface area contributed by atoms with E-state index >= 15 is 0 Å². The Hall–Kier alpha value is -2.08. The highest BCUT2D eigenvalue weighted by Crippen LogP contribution is 2.29. The van der Waals surface area contributed by atoms with Gasteiger partial charge in [0.2, 0.25) is 5.91 Å². The van der Waals surface area contributed by atoms with Crippen LogP contribution < -0.4 is 5.76 Å². The minimum atomic E-state index is -0.397. The fourth-order valence-corrected chi connectivity index (χ4v) is 3.42. The summed E-state index contributed by atoms with van der Waals surface area (Å²) in [7, 11) is 0. The van der Waals surface area contributed by atoms with Crippen LogP contribution >= 0.6 is 0 Å². The molecule has 0 unspecified atom stereocenters. The standard InChI is InChI=1S/C18H22N2O4/c21-17(20(14-5-6-14)11-13-8-10-23-12-13)7-9-19-15-3-1-2-4-16(15)24-18(19)22/h1-4,13-14H,5-12H2/t13-/m1/s1. The van der Waals surface area contributed by atoms with Gasteiger partial charge in [0.15, 0.2) is 5.58 Å². The molecule has 1 aliphatic heterocycles. The van der Waals surface area contributed by atoms with Gasteiger partial charge in [0.05, 0.1) is 12.1 Å². The number of aryl methyl sites for hydroxylation is 1. The van der Waals surface area contributed by atoms with Crippen LogP contribution in [0, 0.1) is 5.92 Å². The second-order valence-electron chi connectivity index (χ2n) is 6.74. The van der Waals surface area contributed by atoms with Gasteiger partial charge in [0.25, 0.3) is 0 Å². The van der Waals surface area contributed by atoms with Crippen LogP contribution in [-0.2, 0) is 16.1 Å². The van der Waals surface area contributed by atoms with E-state index in [-0.39, 0.29) is 5.91 Å². The number of aromatic nitrogens is 1. The molecule has 6 nitrogen and oxygen atoms in total. The van der Waals surface area contributed by atoms with Crippen molar-refractivity contribution in [2.75, 3.05) is 19.8 Å². The molecule has 4 rings (SSSR count). The van der Waals surface area contributed by atoms with E-state index in [4.69, 9.17) is 9.15 Å². The smallest absolute Gasteiger partial charge is 0.408 e. The molecule has 128 valence electrons. The maximum Gasteiger partial charge on any atom is 0.419 e. The quantitative estimate of drug-likeness (QED) is 0.813. The normalized spacial score (nSPS) is 20.6. The van der Waals surface area contributed by atoms with E-state index in [1.54, 1.807) is 10.6 Å². The zero-order valence-corrected chi connectivity index (χ0v) is 13.6. The highest BCUT2D eigenvalue weighted by molar-refractivity contribution is 5.77. The Morgan fingerprint density at radius 2 is 2.08 bits per heavy atom. The summed E-state index contributed by atoms with van der Waals surface area (Å²) in [5.41, 5.74) is 1.31. The minimum absolute atomic E-state index is 0.126. The molecule has 6 heteroatoms. The van der Waals surface area contributed by atoms with E-state index in [9.17, 15) is 9.59 Å². The number of nitrogens with zero attached hydrogens (tertiary/aromatic N) is 2. The molecule has 1 aromatic carbocycles. The zero-order chi connectivity index (χ0) is 16.5. The van der Waals surface area contributed by atoms with E-state index < -0.39 is 5.76 Å². The number of ether oxygens (including phenoxy) is 1. The van der Waals surface area contributed by atoms with Crippen LogP contribution in [0.2, 0.25) is 0 Å². The summed E-state index contributed by atoms with van der Waals surface area (Å²) >= 11 is 0. The lowest BCUT2D eigenvalue weighted by Crippen LogP contribution is -2.38. The zero-order valence-electron chi connectivity index (χ0n) is 13.6. The van der Waals surface area contributed by atoms with Crippen molar-refractivity contribution < 1.29 is 13.9 Å². The molecule has 2 aromatic rings. The fourth-order valence-electron chi connectivity index (χ4n) is 3.42. The molecule has 1 saturated carbocycles. The Morgan fingerprint density at radius 3 is 2.83 bits per heavy atom. The number of fused-ring (bicyclic) bond motifs is 1. The molecule has 1 aromatic heterocycles. The van der Waals surface area contributed by atoms with E-state index in [0.717, 1.165) is 44.5 Å². The van der Waals surface area contributed by atoms with Gasteiger partial charge < -0.3 is 14.1 Å². The lowest BCUT2D eigenvalue weighted by atomic mass is 10.1. The van der Waals surface area contributed by atoms with Crippen molar-refractivity contribution in [3.05, 3.63) is 34.8 Å². The first-order valence-electron chi connectivity index (χ1n) is 8.68. The monoisotopic (exact) mass is 330 g/mol. The lowest BCUT2D eigenvalue weighted by molar-refractivity contribution is -0.132. The molecule has 0 bridgehead atoms. The van der Waals surface area contributed by atoms with Crippen LogP contribution in [0.15, 0.2) is 33.5 Å². The van der Waals surface area contributed by atoms with Crippen LogP contribution in [0.4, 0.5) is 0 Å². The molecule has 2 fully saturated rings. The van der Waals surface area contributed by atoms with E-state index in [1.165, 1.54) is 0 Å². The molecule has 2 heterocycles. The first-order valence-corrected chi connectivity index (χ1v) is 8.68. The van der Waals surface area contributed by atoms with Crippen molar-refractivity contribution in [3.63, 3.8) is 0 Å². The van der Waals surface area contributed by atoms with Crippen molar-refractivity contribution in [3.8, 4) is 0 Å². The Labute approximate surface area is 140 Å². The van der Waals surface area contributed by atoms with Crippen LogP contribution in [-0.4, -0.2) is 41.2 Å². The Bertz CT molecular complexity index is 784. The Kier molecular flexibility index (Phi) is 4.14. The second-order valence-corrected chi connectivity index (χ2v) is 6.74. The van der Waals surface area contributed by atoms with Crippen LogP contribution in [0.5, 0.6) is 0 Å². The summed E-state index contributed by atoms with van der Waals surface area (Å²) in [6, 6.07) is 7.70.